The molecule has 0 spiro atoms. The van der Waals surface area contributed by atoms with E-state index in [4.69, 9.17) is 14.9 Å². The number of ether oxygens (including phenoxy) is 1. The van der Waals surface area contributed by atoms with E-state index in [1.165, 1.54) is 13.2 Å². The number of fused-ring (bicyclic) bond motifs is 1. The molecule has 0 bridgehead atoms. The van der Waals surface area contributed by atoms with Gasteiger partial charge in [0.05, 0.1) is 23.9 Å². The van der Waals surface area contributed by atoms with Gasteiger partial charge in [-0.15, -0.1) is 0 Å². The van der Waals surface area contributed by atoms with Crippen molar-refractivity contribution in [1.29, 1.82) is 0 Å². The molecule has 1 aromatic heterocycles. The fourth-order valence-corrected chi connectivity index (χ4v) is 2.08. The quantitative estimate of drug-likeness (QED) is 0.808. The SMILES string of the molecule is COc1cc2sc(=O)oc2cc1C(=O)CN. The van der Waals surface area contributed by atoms with E-state index < -0.39 is 4.94 Å². The lowest BCUT2D eigenvalue weighted by Gasteiger charge is -2.05. The fourth-order valence-electron chi connectivity index (χ4n) is 1.40. The van der Waals surface area contributed by atoms with E-state index in [9.17, 15) is 9.59 Å². The minimum Gasteiger partial charge on any atom is -0.496 e. The number of ketones is 1. The zero-order valence-electron chi connectivity index (χ0n) is 8.48. The normalized spacial score (nSPS) is 10.6. The second-order valence-electron chi connectivity index (χ2n) is 3.08. The van der Waals surface area contributed by atoms with Crippen molar-refractivity contribution in [2.75, 3.05) is 13.7 Å². The molecule has 1 heterocycles. The van der Waals surface area contributed by atoms with Gasteiger partial charge in [0.1, 0.15) is 5.75 Å². The summed E-state index contributed by atoms with van der Waals surface area (Å²) in [6.07, 6.45) is 0. The van der Waals surface area contributed by atoms with Gasteiger partial charge in [-0.2, -0.15) is 0 Å². The summed E-state index contributed by atoms with van der Waals surface area (Å²) in [6.45, 7) is -0.115. The van der Waals surface area contributed by atoms with Crippen LogP contribution >= 0.6 is 11.3 Å². The molecule has 0 aliphatic heterocycles. The molecule has 16 heavy (non-hydrogen) atoms. The molecule has 0 radical (unpaired) electrons. The highest BCUT2D eigenvalue weighted by atomic mass is 32.1. The van der Waals surface area contributed by atoms with Gasteiger partial charge in [-0.25, -0.2) is 4.79 Å². The number of carbonyl (C=O) groups excluding carboxylic acids is 1. The molecule has 2 N–H and O–H groups in total. The van der Waals surface area contributed by atoms with Crippen LogP contribution in [0.25, 0.3) is 10.3 Å². The summed E-state index contributed by atoms with van der Waals surface area (Å²) in [5.41, 5.74) is 6.00. The van der Waals surface area contributed by atoms with Crippen LogP contribution in [0.15, 0.2) is 21.3 Å². The van der Waals surface area contributed by atoms with Crippen LogP contribution in [-0.4, -0.2) is 19.4 Å². The summed E-state index contributed by atoms with van der Waals surface area (Å²) in [5, 5.41) is 0. The third-order valence-corrected chi connectivity index (χ3v) is 2.93. The lowest BCUT2D eigenvalue weighted by Crippen LogP contribution is -2.14. The molecule has 2 aromatic rings. The second-order valence-corrected chi connectivity index (χ2v) is 4.06. The van der Waals surface area contributed by atoms with Crippen LogP contribution in [-0.2, 0) is 0 Å². The van der Waals surface area contributed by atoms with E-state index in [0.29, 0.717) is 21.6 Å². The first-order valence-electron chi connectivity index (χ1n) is 4.50. The largest absolute Gasteiger partial charge is 0.496 e. The van der Waals surface area contributed by atoms with Gasteiger partial charge in [-0.1, -0.05) is 11.3 Å². The van der Waals surface area contributed by atoms with E-state index in [0.717, 1.165) is 11.3 Å². The summed E-state index contributed by atoms with van der Waals surface area (Å²) in [5.74, 6) is 0.146. The molecule has 2 rings (SSSR count). The Hall–Kier alpha value is -1.66. The zero-order valence-corrected chi connectivity index (χ0v) is 9.30. The highest BCUT2D eigenvalue weighted by Crippen LogP contribution is 2.27. The second kappa shape index (κ2) is 4.07. The first-order chi connectivity index (χ1) is 7.65. The molecule has 0 amide bonds. The smallest absolute Gasteiger partial charge is 0.396 e. The summed E-state index contributed by atoms with van der Waals surface area (Å²) < 4.78 is 10.6. The molecule has 0 unspecified atom stereocenters. The number of carbonyl (C=O) groups is 1. The van der Waals surface area contributed by atoms with Gasteiger partial charge in [0.15, 0.2) is 11.4 Å². The van der Waals surface area contributed by atoms with Crippen LogP contribution in [0.4, 0.5) is 0 Å². The van der Waals surface area contributed by atoms with E-state index in [2.05, 4.69) is 0 Å². The van der Waals surface area contributed by atoms with Crippen LogP contribution in [0.5, 0.6) is 5.75 Å². The Kier molecular flexibility index (Phi) is 2.76. The van der Waals surface area contributed by atoms with Crippen molar-refractivity contribution >= 4 is 27.4 Å². The van der Waals surface area contributed by atoms with Crippen molar-refractivity contribution in [1.82, 2.24) is 0 Å². The van der Waals surface area contributed by atoms with Gasteiger partial charge < -0.3 is 14.9 Å². The van der Waals surface area contributed by atoms with Crippen LogP contribution in [0.2, 0.25) is 0 Å². The molecule has 84 valence electrons. The Balaban J connectivity index is 2.71. The predicted molar refractivity (Wildman–Crippen MR) is 60.3 cm³/mol. The summed E-state index contributed by atoms with van der Waals surface area (Å²) >= 11 is 0.965. The number of hydrogen-bond donors (Lipinski definition) is 1. The number of Topliss-reactive ketones (excluding diaryl/α,β-unsaturated/α-hetero) is 1. The van der Waals surface area contributed by atoms with Crippen molar-refractivity contribution < 1.29 is 13.9 Å². The molecule has 0 aliphatic rings. The van der Waals surface area contributed by atoms with Crippen LogP contribution in [0, 0.1) is 0 Å². The maximum absolute atomic E-state index is 11.5. The number of nitrogens with two attached hydrogens (primary N) is 1. The van der Waals surface area contributed by atoms with Crippen molar-refractivity contribution in [3.63, 3.8) is 0 Å². The van der Waals surface area contributed by atoms with Gasteiger partial charge >= 0.3 is 4.94 Å². The van der Waals surface area contributed by atoms with Crippen LogP contribution in [0.3, 0.4) is 0 Å². The Labute approximate surface area is 94.4 Å². The fraction of sp³-hybridized carbons (Fsp3) is 0.200. The van der Waals surface area contributed by atoms with Crippen molar-refractivity contribution in [3.05, 3.63) is 27.4 Å². The zero-order chi connectivity index (χ0) is 11.7. The molecule has 5 nitrogen and oxygen atoms in total. The van der Waals surface area contributed by atoms with Gasteiger partial charge in [-0.05, 0) is 6.07 Å². The first kappa shape index (κ1) is 10.8. The molecule has 0 atom stereocenters. The molecule has 0 saturated carbocycles. The average Bonchev–Trinajstić information content (AvgIpc) is 2.65. The first-order valence-corrected chi connectivity index (χ1v) is 5.32. The Morgan fingerprint density at radius 2 is 2.31 bits per heavy atom. The van der Waals surface area contributed by atoms with Gasteiger partial charge in [0.2, 0.25) is 0 Å². The molecule has 0 saturated heterocycles. The monoisotopic (exact) mass is 239 g/mol. The lowest BCUT2D eigenvalue weighted by atomic mass is 10.1. The Morgan fingerprint density at radius 3 is 2.94 bits per heavy atom. The maximum Gasteiger partial charge on any atom is 0.396 e. The molecule has 0 aliphatic carbocycles. The molecule has 0 fully saturated rings. The number of methoxy groups -OCH3 is 1. The number of hydrogen-bond acceptors (Lipinski definition) is 6. The predicted octanol–water partition coefficient (Wildman–Crippen LogP) is 1.00. The molecule has 1 aromatic carbocycles. The Morgan fingerprint density at radius 1 is 1.56 bits per heavy atom. The van der Waals surface area contributed by atoms with Crippen molar-refractivity contribution in [2.45, 2.75) is 0 Å². The standard InChI is InChI=1S/C10H9NO4S/c1-14-7-3-9-8(15-10(13)16-9)2-5(7)6(12)4-11/h2-3H,4,11H2,1H3. The highest BCUT2D eigenvalue weighted by Gasteiger charge is 2.14. The average molecular weight is 239 g/mol. The number of benzene rings is 1. The van der Waals surface area contributed by atoms with Crippen LogP contribution < -0.4 is 15.4 Å². The maximum atomic E-state index is 11.5. The highest BCUT2D eigenvalue weighted by molar-refractivity contribution is 7.16. The third-order valence-electron chi connectivity index (χ3n) is 2.14. The summed E-state index contributed by atoms with van der Waals surface area (Å²) in [7, 11) is 1.46. The van der Waals surface area contributed by atoms with Crippen molar-refractivity contribution in [2.24, 2.45) is 5.73 Å². The van der Waals surface area contributed by atoms with E-state index in [-0.39, 0.29) is 12.3 Å². The van der Waals surface area contributed by atoms with Crippen LogP contribution in [0.1, 0.15) is 10.4 Å². The molecular weight excluding hydrogens is 230 g/mol. The van der Waals surface area contributed by atoms with E-state index >= 15 is 0 Å². The summed E-state index contributed by atoms with van der Waals surface area (Å²) in [4.78, 5) is 22.2. The number of rotatable bonds is 3. The molecule has 6 heteroatoms. The third kappa shape index (κ3) is 1.72. The van der Waals surface area contributed by atoms with Gasteiger partial charge in [0, 0.05) is 6.07 Å². The van der Waals surface area contributed by atoms with E-state index in [1.807, 2.05) is 0 Å². The van der Waals surface area contributed by atoms with Crippen molar-refractivity contribution in [3.8, 4) is 5.75 Å². The minimum atomic E-state index is -0.408. The van der Waals surface area contributed by atoms with E-state index in [1.54, 1.807) is 6.07 Å². The lowest BCUT2D eigenvalue weighted by molar-refractivity contribution is 0.0998. The molecular formula is C10H9NO4S. The minimum absolute atomic E-state index is 0.115. The Bertz CT molecular complexity index is 598. The summed E-state index contributed by atoms with van der Waals surface area (Å²) in [6, 6.07) is 3.09. The topological polar surface area (TPSA) is 82.5 Å². The van der Waals surface area contributed by atoms with Gasteiger partial charge in [-0.3, -0.25) is 4.79 Å². The van der Waals surface area contributed by atoms with Gasteiger partial charge in [0.25, 0.3) is 0 Å².